The zero-order valence-corrected chi connectivity index (χ0v) is 17.5. The maximum absolute atomic E-state index is 9.83. The number of imidazole rings is 1. The van der Waals surface area contributed by atoms with Crippen molar-refractivity contribution in [2.24, 2.45) is 0 Å². The molecule has 0 spiro atoms. The molecule has 0 bridgehead atoms. The van der Waals surface area contributed by atoms with E-state index in [-0.39, 0.29) is 0 Å². The third-order valence-electron chi connectivity index (χ3n) is 4.20. The number of hydrogen-bond donors (Lipinski definition) is 3. The molecular weight excluding hydrogens is 368 g/mol. The van der Waals surface area contributed by atoms with E-state index in [9.17, 15) is 5.11 Å². The highest BCUT2D eigenvalue weighted by Crippen LogP contribution is 2.28. The monoisotopic (exact) mass is 396 g/mol. The lowest BCUT2D eigenvalue weighted by Crippen LogP contribution is -2.34. The van der Waals surface area contributed by atoms with Gasteiger partial charge in [0.15, 0.2) is 0 Å². The van der Waals surface area contributed by atoms with E-state index >= 15 is 0 Å². The second-order valence-electron chi connectivity index (χ2n) is 7.67. The van der Waals surface area contributed by atoms with Crippen LogP contribution in [0.5, 0.6) is 5.75 Å². The molecule has 8 nitrogen and oxygen atoms in total. The Morgan fingerprint density at radius 1 is 1.14 bits per heavy atom. The largest absolute Gasteiger partial charge is 0.494 e. The number of nitrogens with one attached hydrogen (secondary N) is 2. The van der Waals surface area contributed by atoms with Gasteiger partial charge in [0.05, 0.1) is 36.1 Å². The third-order valence-corrected chi connectivity index (χ3v) is 4.20. The minimum atomic E-state index is -0.769. The van der Waals surface area contributed by atoms with Crippen LogP contribution >= 0.6 is 0 Å². The van der Waals surface area contributed by atoms with Gasteiger partial charge in [0, 0.05) is 36.7 Å². The first-order valence-electron chi connectivity index (χ1n) is 9.47. The topological polar surface area (TPSA) is 97.1 Å². The number of hydrogen-bond acceptors (Lipinski definition) is 7. The van der Waals surface area contributed by atoms with Gasteiger partial charge in [-0.1, -0.05) is 0 Å². The molecule has 0 atom stereocenters. The summed E-state index contributed by atoms with van der Waals surface area (Å²) in [5, 5.41) is 16.3. The van der Waals surface area contributed by atoms with Crippen LogP contribution in [0.3, 0.4) is 0 Å². The maximum Gasteiger partial charge on any atom is 0.227 e. The molecule has 3 rings (SSSR count). The molecule has 0 saturated heterocycles. The average molecular weight is 396 g/mol. The molecule has 3 aromatic rings. The van der Waals surface area contributed by atoms with Crippen LogP contribution in [-0.4, -0.2) is 43.9 Å². The number of aromatic nitrogens is 4. The van der Waals surface area contributed by atoms with Crippen molar-refractivity contribution in [3.05, 3.63) is 53.9 Å². The van der Waals surface area contributed by atoms with Crippen LogP contribution in [0.4, 0.5) is 11.6 Å². The summed E-state index contributed by atoms with van der Waals surface area (Å²) in [5.74, 6) is 1.23. The summed E-state index contributed by atoms with van der Waals surface area (Å²) in [6.07, 6.45) is 3.71. The second kappa shape index (κ2) is 8.59. The zero-order chi connectivity index (χ0) is 21.0. The standard InChI is InChI=1S/C21H28N6O2/c1-14-8-17(10-22-12-21(3,4)28)26-20(24-14)25-16-6-7-18(19(9-16)29-5)27-11-15(2)23-13-27/h6-9,11,13,22,28H,10,12H2,1-5H3,(H,24,25,26). The number of aryl methyl sites for hydroxylation is 2. The number of methoxy groups -OCH3 is 1. The van der Waals surface area contributed by atoms with Gasteiger partial charge in [-0.3, -0.25) is 0 Å². The Kier molecular flexibility index (Phi) is 6.14. The molecule has 0 saturated carbocycles. The first-order valence-corrected chi connectivity index (χ1v) is 9.47. The molecule has 0 aliphatic rings. The van der Waals surface area contributed by atoms with Crippen molar-refractivity contribution in [2.45, 2.75) is 39.8 Å². The van der Waals surface area contributed by atoms with Crippen LogP contribution in [0.2, 0.25) is 0 Å². The number of nitrogens with zero attached hydrogens (tertiary/aromatic N) is 4. The lowest BCUT2D eigenvalue weighted by Gasteiger charge is -2.17. The minimum Gasteiger partial charge on any atom is -0.494 e. The Balaban J connectivity index is 1.77. The molecule has 29 heavy (non-hydrogen) atoms. The molecule has 1 aromatic carbocycles. The molecule has 2 aromatic heterocycles. The number of anilines is 2. The van der Waals surface area contributed by atoms with E-state index in [1.165, 1.54) is 0 Å². The first kappa shape index (κ1) is 20.8. The molecular formula is C21H28N6O2. The highest BCUT2D eigenvalue weighted by molar-refractivity contribution is 5.62. The number of rotatable bonds is 8. The van der Waals surface area contributed by atoms with Gasteiger partial charge in [0.1, 0.15) is 5.75 Å². The summed E-state index contributed by atoms with van der Waals surface area (Å²) in [4.78, 5) is 13.3. The molecule has 0 fully saturated rings. The van der Waals surface area contributed by atoms with Gasteiger partial charge in [-0.25, -0.2) is 15.0 Å². The van der Waals surface area contributed by atoms with Crippen molar-refractivity contribution in [1.29, 1.82) is 0 Å². The first-order chi connectivity index (χ1) is 13.7. The van der Waals surface area contributed by atoms with E-state index in [1.54, 1.807) is 27.3 Å². The van der Waals surface area contributed by atoms with Crippen molar-refractivity contribution >= 4 is 11.6 Å². The van der Waals surface area contributed by atoms with Crippen LogP contribution in [0.15, 0.2) is 36.8 Å². The Labute approximate surface area is 171 Å². The van der Waals surface area contributed by atoms with E-state index in [2.05, 4.69) is 25.6 Å². The summed E-state index contributed by atoms with van der Waals surface area (Å²) in [6, 6.07) is 7.74. The van der Waals surface area contributed by atoms with Crippen molar-refractivity contribution in [3.8, 4) is 11.4 Å². The van der Waals surface area contributed by atoms with Gasteiger partial charge in [0.25, 0.3) is 0 Å². The molecule has 0 unspecified atom stereocenters. The number of ether oxygens (including phenoxy) is 1. The third kappa shape index (κ3) is 5.75. The normalized spacial score (nSPS) is 11.5. The highest BCUT2D eigenvalue weighted by atomic mass is 16.5. The lowest BCUT2D eigenvalue weighted by atomic mass is 10.1. The van der Waals surface area contributed by atoms with Gasteiger partial charge in [0.2, 0.25) is 5.95 Å². The van der Waals surface area contributed by atoms with Gasteiger partial charge < -0.3 is 25.0 Å². The quantitative estimate of drug-likeness (QED) is 0.539. The second-order valence-corrected chi connectivity index (χ2v) is 7.67. The van der Waals surface area contributed by atoms with Crippen LogP contribution < -0.4 is 15.4 Å². The summed E-state index contributed by atoms with van der Waals surface area (Å²) >= 11 is 0. The Morgan fingerprint density at radius 2 is 1.93 bits per heavy atom. The Hall–Kier alpha value is -2.97. The van der Waals surface area contributed by atoms with E-state index in [1.807, 2.05) is 48.9 Å². The predicted octanol–water partition coefficient (Wildman–Crippen LogP) is 2.89. The smallest absolute Gasteiger partial charge is 0.227 e. The van der Waals surface area contributed by atoms with Crippen molar-refractivity contribution in [1.82, 2.24) is 24.8 Å². The fraction of sp³-hybridized carbons (Fsp3) is 0.381. The van der Waals surface area contributed by atoms with Crippen LogP contribution in [0.25, 0.3) is 5.69 Å². The van der Waals surface area contributed by atoms with Gasteiger partial charge in [-0.05, 0) is 45.9 Å². The average Bonchev–Trinajstić information content (AvgIpc) is 3.06. The van der Waals surface area contributed by atoms with E-state index in [0.29, 0.717) is 24.8 Å². The zero-order valence-electron chi connectivity index (χ0n) is 17.5. The SMILES string of the molecule is COc1cc(Nc2nc(C)cc(CNCC(C)(C)O)n2)ccc1-n1cnc(C)c1. The minimum absolute atomic E-state index is 0.477. The fourth-order valence-corrected chi connectivity index (χ4v) is 2.93. The van der Waals surface area contributed by atoms with E-state index in [0.717, 1.165) is 28.5 Å². The molecule has 3 N–H and O–H groups in total. The summed E-state index contributed by atoms with van der Waals surface area (Å²) in [6.45, 7) is 8.43. The van der Waals surface area contributed by atoms with Crippen LogP contribution in [0, 0.1) is 13.8 Å². The van der Waals surface area contributed by atoms with E-state index in [4.69, 9.17) is 4.74 Å². The lowest BCUT2D eigenvalue weighted by molar-refractivity contribution is 0.0794. The molecule has 2 heterocycles. The number of benzene rings is 1. The van der Waals surface area contributed by atoms with Crippen LogP contribution in [0.1, 0.15) is 30.9 Å². The summed E-state index contributed by atoms with van der Waals surface area (Å²) in [5.41, 5.74) is 3.61. The Bertz CT molecular complexity index is 978. The summed E-state index contributed by atoms with van der Waals surface area (Å²) < 4.78 is 7.48. The fourth-order valence-electron chi connectivity index (χ4n) is 2.93. The molecule has 0 amide bonds. The van der Waals surface area contributed by atoms with Gasteiger partial charge in [-0.2, -0.15) is 0 Å². The highest BCUT2D eigenvalue weighted by Gasteiger charge is 2.12. The van der Waals surface area contributed by atoms with Gasteiger partial charge >= 0.3 is 0 Å². The summed E-state index contributed by atoms with van der Waals surface area (Å²) in [7, 11) is 1.64. The maximum atomic E-state index is 9.83. The predicted molar refractivity (Wildman–Crippen MR) is 113 cm³/mol. The number of aliphatic hydroxyl groups is 1. The van der Waals surface area contributed by atoms with E-state index < -0.39 is 5.60 Å². The molecule has 0 aliphatic heterocycles. The van der Waals surface area contributed by atoms with Crippen molar-refractivity contribution < 1.29 is 9.84 Å². The molecule has 154 valence electrons. The van der Waals surface area contributed by atoms with Crippen molar-refractivity contribution in [2.75, 3.05) is 19.0 Å². The molecule has 0 radical (unpaired) electrons. The Morgan fingerprint density at radius 3 is 2.59 bits per heavy atom. The molecule has 0 aliphatic carbocycles. The van der Waals surface area contributed by atoms with Gasteiger partial charge in [-0.15, -0.1) is 0 Å². The molecule has 8 heteroatoms. The van der Waals surface area contributed by atoms with Crippen LogP contribution in [-0.2, 0) is 6.54 Å². The van der Waals surface area contributed by atoms with Crippen molar-refractivity contribution in [3.63, 3.8) is 0 Å².